The summed E-state index contributed by atoms with van der Waals surface area (Å²) in [6.07, 6.45) is 1.16. The van der Waals surface area contributed by atoms with Gasteiger partial charge < -0.3 is 9.73 Å². The fraction of sp³-hybridized carbons (Fsp3) is 0.118. The topological polar surface area (TPSA) is 76.4 Å². The number of benzene rings is 2. The van der Waals surface area contributed by atoms with Crippen LogP contribution in [0.5, 0.6) is 0 Å². The molecule has 2 aromatic carbocycles. The number of sulfone groups is 1. The Labute approximate surface area is 147 Å². The molecular weight excluding hydrogens is 394 g/mol. The molecule has 0 fully saturated rings. The van der Waals surface area contributed by atoms with Gasteiger partial charge in [0.05, 0.1) is 4.90 Å². The zero-order valence-electron chi connectivity index (χ0n) is 12.7. The number of rotatable bonds is 4. The largest absolute Gasteiger partial charge is 0.451 e. The molecule has 0 spiro atoms. The zero-order chi connectivity index (χ0) is 17.3. The van der Waals surface area contributed by atoms with Crippen molar-refractivity contribution in [3.8, 4) is 0 Å². The lowest BCUT2D eigenvalue weighted by molar-refractivity contribution is 0.0925. The second kappa shape index (κ2) is 6.41. The van der Waals surface area contributed by atoms with Crippen LogP contribution in [0, 0.1) is 0 Å². The van der Waals surface area contributed by atoms with Crippen LogP contribution >= 0.6 is 15.9 Å². The minimum Gasteiger partial charge on any atom is -0.451 e. The molecule has 1 amide bonds. The second-order valence-electron chi connectivity index (χ2n) is 5.39. The van der Waals surface area contributed by atoms with Gasteiger partial charge in [0.2, 0.25) is 0 Å². The molecule has 3 aromatic rings. The van der Waals surface area contributed by atoms with Crippen LogP contribution in [-0.4, -0.2) is 20.6 Å². The van der Waals surface area contributed by atoms with Crippen LogP contribution in [-0.2, 0) is 16.4 Å². The average molecular weight is 408 g/mol. The molecule has 1 heterocycles. The van der Waals surface area contributed by atoms with Gasteiger partial charge in [0.25, 0.3) is 5.91 Å². The van der Waals surface area contributed by atoms with E-state index in [4.69, 9.17) is 4.42 Å². The fourth-order valence-corrected chi connectivity index (χ4v) is 3.21. The third-order valence-electron chi connectivity index (χ3n) is 3.51. The van der Waals surface area contributed by atoms with Gasteiger partial charge in [-0.05, 0) is 42.0 Å². The predicted octanol–water partition coefficient (Wildman–Crippen LogP) is 3.53. The molecule has 1 aromatic heterocycles. The summed E-state index contributed by atoms with van der Waals surface area (Å²) in [6.45, 7) is 0.281. The smallest absolute Gasteiger partial charge is 0.287 e. The first-order valence-electron chi connectivity index (χ1n) is 7.09. The van der Waals surface area contributed by atoms with Crippen molar-refractivity contribution < 1.29 is 17.6 Å². The second-order valence-corrected chi connectivity index (χ2v) is 8.32. The summed E-state index contributed by atoms with van der Waals surface area (Å²) < 4.78 is 29.3. The van der Waals surface area contributed by atoms with Gasteiger partial charge in [0.15, 0.2) is 15.6 Å². The zero-order valence-corrected chi connectivity index (χ0v) is 15.1. The number of fused-ring (bicyclic) bond motifs is 1. The van der Waals surface area contributed by atoms with Crippen molar-refractivity contribution in [1.82, 2.24) is 5.32 Å². The lowest BCUT2D eigenvalue weighted by Gasteiger charge is -2.04. The van der Waals surface area contributed by atoms with Crippen molar-refractivity contribution >= 4 is 42.6 Å². The maximum Gasteiger partial charge on any atom is 0.287 e. The van der Waals surface area contributed by atoms with Crippen LogP contribution in [0.3, 0.4) is 0 Å². The maximum absolute atomic E-state index is 12.2. The molecule has 3 rings (SSSR count). The standard InChI is InChI=1S/C17H14BrNO4S/c1-24(21,22)14-6-2-11(3-7-14)10-19-17(20)16-8-12-4-5-13(18)9-15(12)23-16/h2-9H,10H2,1H3,(H,19,20). The maximum atomic E-state index is 12.2. The number of halogens is 1. The van der Waals surface area contributed by atoms with Gasteiger partial charge in [0.1, 0.15) is 5.58 Å². The van der Waals surface area contributed by atoms with Crippen molar-refractivity contribution in [3.05, 3.63) is 64.3 Å². The van der Waals surface area contributed by atoms with Gasteiger partial charge in [-0.25, -0.2) is 8.42 Å². The van der Waals surface area contributed by atoms with E-state index in [1.165, 1.54) is 12.1 Å². The molecule has 5 nitrogen and oxygen atoms in total. The molecule has 0 unspecified atom stereocenters. The Morgan fingerprint density at radius 1 is 1.12 bits per heavy atom. The number of carbonyl (C=O) groups is 1. The molecule has 124 valence electrons. The van der Waals surface area contributed by atoms with Crippen LogP contribution < -0.4 is 5.32 Å². The Hall–Kier alpha value is -2.12. The monoisotopic (exact) mass is 407 g/mol. The summed E-state index contributed by atoms with van der Waals surface area (Å²) in [5, 5.41) is 3.60. The van der Waals surface area contributed by atoms with Gasteiger partial charge in [-0.2, -0.15) is 0 Å². The lowest BCUT2D eigenvalue weighted by Crippen LogP contribution is -2.22. The summed E-state index contributed by atoms with van der Waals surface area (Å²) >= 11 is 3.36. The molecule has 0 aliphatic rings. The number of nitrogens with one attached hydrogen (secondary N) is 1. The highest BCUT2D eigenvalue weighted by Crippen LogP contribution is 2.23. The molecule has 0 radical (unpaired) electrons. The highest BCUT2D eigenvalue weighted by molar-refractivity contribution is 9.10. The lowest BCUT2D eigenvalue weighted by atomic mass is 10.2. The van der Waals surface area contributed by atoms with Gasteiger partial charge in [-0.15, -0.1) is 0 Å². The van der Waals surface area contributed by atoms with E-state index in [0.717, 1.165) is 21.7 Å². The minimum absolute atomic E-state index is 0.232. The van der Waals surface area contributed by atoms with Crippen molar-refractivity contribution in [2.45, 2.75) is 11.4 Å². The molecule has 0 aliphatic heterocycles. The Morgan fingerprint density at radius 3 is 2.50 bits per heavy atom. The Balaban J connectivity index is 1.70. The number of furan rings is 1. The van der Waals surface area contributed by atoms with Crippen molar-refractivity contribution in [3.63, 3.8) is 0 Å². The third kappa shape index (κ3) is 3.68. The van der Waals surface area contributed by atoms with E-state index in [9.17, 15) is 13.2 Å². The van der Waals surface area contributed by atoms with Crippen LogP contribution in [0.15, 0.2) is 62.3 Å². The SMILES string of the molecule is CS(=O)(=O)c1ccc(CNC(=O)c2cc3ccc(Br)cc3o2)cc1. The average Bonchev–Trinajstić information content (AvgIpc) is 2.95. The molecule has 1 N–H and O–H groups in total. The molecule has 0 aliphatic carbocycles. The summed E-state index contributed by atoms with van der Waals surface area (Å²) in [6, 6.07) is 13.6. The summed E-state index contributed by atoms with van der Waals surface area (Å²) in [4.78, 5) is 12.4. The normalized spacial score (nSPS) is 11.6. The van der Waals surface area contributed by atoms with Crippen LogP contribution in [0.2, 0.25) is 0 Å². The molecular formula is C17H14BrNO4S. The Bertz CT molecular complexity index is 1010. The van der Waals surface area contributed by atoms with Crippen molar-refractivity contribution in [2.24, 2.45) is 0 Å². The van der Waals surface area contributed by atoms with E-state index >= 15 is 0 Å². The number of hydrogen-bond donors (Lipinski definition) is 1. The third-order valence-corrected chi connectivity index (χ3v) is 5.13. The van der Waals surface area contributed by atoms with Crippen LogP contribution in [0.25, 0.3) is 11.0 Å². The molecule has 7 heteroatoms. The fourth-order valence-electron chi connectivity index (χ4n) is 2.24. The summed E-state index contributed by atoms with van der Waals surface area (Å²) in [5.41, 5.74) is 1.43. The summed E-state index contributed by atoms with van der Waals surface area (Å²) in [7, 11) is -3.22. The first-order valence-corrected chi connectivity index (χ1v) is 9.78. The van der Waals surface area contributed by atoms with E-state index in [-0.39, 0.29) is 23.1 Å². The Kier molecular flexibility index (Phi) is 4.47. The van der Waals surface area contributed by atoms with E-state index < -0.39 is 9.84 Å². The molecule has 24 heavy (non-hydrogen) atoms. The van der Waals surface area contributed by atoms with Gasteiger partial charge >= 0.3 is 0 Å². The first kappa shape index (κ1) is 16.7. The number of amides is 1. The van der Waals surface area contributed by atoms with Gasteiger partial charge in [0, 0.05) is 22.7 Å². The quantitative estimate of drug-likeness (QED) is 0.717. The summed E-state index contributed by atoms with van der Waals surface area (Å²) in [5.74, 6) is -0.0923. The van der Waals surface area contributed by atoms with Crippen LogP contribution in [0.1, 0.15) is 16.1 Å². The number of hydrogen-bond acceptors (Lipinski definition) is 4. The highest BCUT2D eigenvalue weighted by Gasteiger charge is 2.12. The van der Waals surface area contributed by atoms with Gasteiger partial charge in [-0.1, -0.05) is 28.1 Å². The molecule has 0 atom stereocenters. The molecule has 0 saturated heterocycles. The van der Waals surface area contributed by atoms with Crippen molar-refractivity contribution in [1.29, 1.82) is 0 Å². The van der Waals surface area contributed by atoms with Crippen molar-refractivity contribution in [2.75, 3.05) is 6.26 Å². The van der Waals surface area contributed by atoms with Gasteiger partial charge in [-0.3, -0.25) is 4.79 Å². The van der Waals surface area contributed by atoms with Crippen LogP contribution in [0.4, 0.5) is 0 Å². The minimum atomic E-state index is -3.22. The van der Waals surface area contributed by atoms with E-state index in [1.807, 2.05) is 12.1 Å². The predicted molar refractivity (Wildman–Crippen MR) is 94.6 cm³/mol. The molecule has 0 bridgehead atoms. The molecule has 0 saturated carbocycles. The van der Waals surface area contributed by atoms with E-state index in [0.29, 0.717) is 5.58 Å². The number of carbonyl (C=O) groups excluding carboxylic acids is 1. The Morgan fingerprint density at radius 2 is 1.83 bits per heavy atom. The van der Waals surface area contributed by atoms with E-state index in [2.05, 4.69) is 21.2 Å². The highest BCUT2D eigenvalue weighted by atomic mass is 79.9. The first-order chi connectivity index (χ1) is 11.3. The van der Waals surface area contributed by atoms with E-state index in [1.54, 1.807) is 24.3 Å².